The molecule has 0 saturated carbocycles. The molecule has 5 unspecified atom stereocenters. The van der Waals surface area contributed by atoms with Crippen molar-refractivity contribution in [3.63, 3.8) is 0 Å². The van der Waals surface area contributed by atoms with Crippen molar-refractivity contribution in [1.29, 1.82) is 0 Å². The van der Waals surface area contributed by atoms with E-state index in [0.29, 0.717) is 0 Å². The Morgan fingerprint density at radius 1 is 1.25 bits per heavy atom. The number of aliphatic hydroxyl groups excluding tert-OH is 4. The summed E-state index contributed by atoms with van der Waals surface area (Å²) in [7, 11) is 0. The van der Waals surface area contributed by atoms with Crippen molar-refractivity contribution in [2.45, 2.75) is 37.6 Å². The Bertz CT molecular complexity index is 420. The number of benzene rings is 1. The van der Waals surface area contributed by atoms with Crippen LogP contribution < -0.4 is 0 Å². The molecule has 0 amide bonds. The van der Waals surface area contributed by atoms with Gasteiger partial charge in [0.15, 0.2) is 6.29 Å². The van der Waals surface area contributed by atoms with Crippen LogP contribution in [0, 0.1) is 6.92 Å². The van der Waals surface area contributed by atoms with Crippen LogP contribution in [0.15, 0.2) is 24.3 Å². The van der Waals surface area contributed by atoms with E-state index >= 15 is 0 Å². The third-order valence-corrected chi connectivity index (χ3v) is 3.35. The van der Waals surface area contributed by atoms with E-state index in [9.17, 15) is 15.3 Å². The SMILES string of the molecule is Cc1ccc(C2OCC(O)C(C(O)C(O)CO)O2)cc1. The predicted octanol–water partition coefficient (Wildman–Crippen LogP) is -0.516. The minimum atomic E-state index is -1.38. The van der Waals surface area contributed by atoms with Crippen molar-refractivity contribution in [2.75, 3.05) is 13.2 Å². The van der Waals surface area contributed by atoms with Gasteiger partial charge in [0.05, 0.1) is 13.2 Å². The Hall–Kier alpha value is -1.02. The summed E-state index contributed by atoms with van der Waals surface area (Å²) in [6.07, 6.45) is -5.55. The molecule has 1 fully saturated rings. The Balaban J connectivity index is 2.09. The van der Waals surface area contributed by atoms with E-state index in [4.69, 9.17) is 14.6 Å². The lowest BCUT2D eigenvalue weighted by molar-refractivity contribution is -0.284. The fraction of sp³-hybridized carbons (Fsp3) is 0.571. The van der Waals surface area contributed by atoms with Crippen LogP contribution in [0.5, 0.6) is 0 Å². The molecule has 20 heavy (non-hydrogen) atoms. The van der Waals surface area contributed by atoms with Gasteiger partial charge in [-0.2, -0.15) is 0 Å². The van der Waals surface area contributed by atoms with Gasteiger partial charge in [0.1, 0.15) is 24.4 Å². The molecule has 1 aliphatic rings. The number of hydrogen-bond donors (Lipinski definition) is 4. The van der Waals surface area contributed by atoms with Gasteiger partial charge in [-0.05, 0) is 6.92 Å². The van der Waals surface area contributed by atoms with Crippen LogP contribution in [-0.2, 0) is 9.47 Å². The van der Waals surface area contributed by atoms with Gasteiger partial charge in [0.2, 0.25) is 0 Å². The molecule has 0 bridgehead atoms. The maximum absolute atomic E-state index is 9.87. The van der Waals surface area contributed by atoms with Crippen LogP contribution in [0.2, 0.25) is 0 Å². The normalized spacial score (nSPS) is 29.9. The first kappa shape index (κ1) is 15.4. The highest BCUT2D eigenvalue weighted by Gasteiger charge is 2.39. The van der Waals surface area contributed by atoms with E-state index in [1.807, 2.05) is 31.2 Å². The van der Waals surface area contributed by atoms with Gasteiger partial charge in [0, 0.05) is 5.56 Å². The van der Waals surface area contributed by atoms with E-state index in [1.54, 1.807) is 0 Å². The molecule has 2 rings (SSSR count). The number of aryl methyl sites for hydroxylation is 1. The maximum atomic E-state index is 9.87. The second kappa shape index (κ2) is 6.62. The predicted molar refractivity (Wildman–Crippen MR) is 69.9 cm³/mol. The minimum Gasteiger partial charge on any atom is -0.394 e. The highest BCUT2D eigenvalue weighted by atomic mass is 16.7. The number of hydrogen-bond acceptors (Lipinski definition) is 6. The molecule has 1 aromatic carbocycles. The lowest BCUT2D eigenvalue weighted by Gasteiger charge is -2.37. The molecular weight excluding hydrogens is 264 g/mol. The van der Waals surface area contributed by atoms with Gasteiger partial charge in [-0.25, -0.2) is 0 Å². The molecule has 6 nitrogen and oxygen atoms in total. The van der Waals surface area contributed by atoms with Crippen molar-refractivity contribution < 1.29 is 29.9 Å². The van der Waals surface area contributed by atoms with Crippen molar-refractivity contribution in [1.82, 2.24) is 0 Å². The van der Waals surface area contributed by atoms with E-state index in [1.165, 1.54) is 0 Å². The molecule has 112 valence electrons. The molecule has 1 saturated heterocycles. The molecule has 0 spiro atoms. The maximum Gasteiger partial charge on any atom is 0.184 e. The van der Waals surface area contributed by atoms with Gasteiger partial charge in [-0.15, -0.1) is 0 Å². The van der Waals surface area contributed by atoms with Crippen molar-refractivity contribution in [2.24, 2.45) is 0 Å². The molecule has 0 radical (unpaired) electrons. The number of aliphatic hydroxyl groups is 4. The zero-order chi connectivity index (χ0) is 14.7. The molecule has 5 atom stereocenters. The Morgan fingerprint density at radius 3 is 2.50 bits per heavy atom. The largest absolute Gasteiger partial charge is 0.394 e. The Morgan fingerprint density at radius 2 is 1.90 bits per heavy atom. The van der Waals surface area contributed by atoms with E-state index in [0.717, 1.165) is 11.1 Å². The van der Waals surface area contributed by atoms with Crippen LogP contribution in [0.25, 0.3) is 0 Å². The van der Waals surface area contributed by atoms with Gasteiger partial charge < -0.3 is 29.9 Å². The molecule has 0 aromatic heterocycles. The van der Waals surface area contributed by atoms with E-state index < -0.39 is 37.3 Å². The van der Waals surface area contributed by atoms with Crippen LogP contribution >= 0.6 is 0 Å². The summed E-state index contributed by atoms with van der Waals surface area (Å²) >= 11 is 0. The monoisotopic (exact) mass is 284 g/mol. The molecule has 6 heteroatoms. The summed E-state index contributed by atoms with van der Waals surface area (Å²) in [5.74, 6) is 0. The van der Waals surface area contributed by atoms with E-state index in [2.05, 4.69) is 0 Å². The summed E-state index contributed by atoms with van der Waals surface area (Å²) in [5.41, 5.74) is 1.86. The van der Waals surface area contributed by atoms with Crippen LogP contribution in [-0.4, -0.2) is 58.1 Å². The molecule has 1 aliphatic heterocycles. The van der Waals surface area contributed by atoms with Gasteiger partial charge in [0.25, 0.3) is 0 Å². The molecule has 4 N–H and O–H groups in total. The quantitative estimate of drug-likeness (QED) is 0.594. The fourth-order valence-corrected chi connectivity index (χ4v) is 2.09. The first-order valence-electron chi connectivity index (χ1n) is 6.51. The molecular formula is C14H20O6. The first-order chi connectivity index (χ1) is 9.52. The van der Waals surface area contributed by atoms with Crippen LogP contribution in [0.4, 0.5) is 0 Å². The summed E-state index contributed by atoms with van der Waals surface area (Å²) in [6, 6.07) is 7.48. The smallest absolute Gasteiger partial charge is 0.184 e. The lowest BCUT2D eigenvalue weighted by atomic mass is 10.0. The van der Waals surface area contributed by atoms with Crippen LogP contribution in [0.1, 0.15) is 17.4 Å². The minimum absolute atomic E-state index is 0.0155. The highest BCUT2D eigenvalue weighted by Crippen LogP contribution is 2.28. The highest BCUT2D eigenvalue weighted by molar-refractivity contribution is 5.22. The second-order valence-electron chi connectivity index (χ2n) is 4.98. The van der Waals surface area contributed by atoms with Crippen LogP contribution in [0.3, 0.4) is 0 Å². The Kier molecular flexibility index (Phi) is 5.09. The number of ether oxygens (including phenoxy) is 2. The molecule has 1 heterocycles. The zero-order valence-corrected chi connectivity index (χ0v) is 11.2. The summed E-state index contributed by atoms with van der Waals surface area (Å²) < 4.78 is 10.9. The Labute approximate surface area is 117 Å². The fourth-order valence-electron chi connectivity index (χ4n) is 2.09. The van der Waals surface area contributed by atoms with Crippen molar-refractivity contribution in [3.05, 3.63) is 35.4 Å². The summed E-state index contributed by atoms with van der Waals surface area (Å²) in [4.78, 5) is 0. The molecule has 0 aliphatic carbocycles. The third kappa shape index (κ3) is 3.35. The van der Waals surface area contributed by atoms with Crippen molar-refractivity contribution >= 4 is 0 Å². The van der Waals surface area contributed by atoms with Gasteiger partial charge >= 0.3 is 0 Å². The summed E-state index contributed by atoms with van der Waals surface area (Å²) in [5, 5.41) is 38.0. The van der Waals surface area contributed by atoms with Gasteiger partial charge in [-0.1, -0.05) is 29.8 Å². The molecule has 1 aromatic rings. The second-order valence-corrected chi connectivity index (χ2v) is 4.98. The van der Waals surface area contributed by atoms with E-state index in [-0.39, 0.29) is 6.61 Å². The zero-order valence-electron chi connectivity index (χ0n) is 11.2. The number of rotatable bonds is 4. The van der Waals surface area contributed by atoms with Crippen molar-refractivity contribution in [3.8, 4) is 0 Å². The van der Waals surface area contributed by atoms with Gasteiger partial charge in [-0.3, -0.25) is 0 Å². The average Bonchev–Trinajstić information content (AvgIpc) is 2.47. The summed E-state index contributed by atoms with van der Waals surface area (Å²) in [6.45, 7) is 1.34. The standard InChI is InChI=1S/C14H20O6/c1-8-2-4-9(5-3-8)14-19-7-11(17)13(20-14)12(18)10(16)6-15/h2-5,10-18H,6-7H2,1H3. The lowest BCUT2D eigenvalue weighted by Crippen LogP contribution is -2.52. The third-order valence-electron chi connectivity index (χ3n) is 3.35. The first-order valence-corrected chi connectivity index (χ1v) is 6.51. The average molecular weight is 284 g/mol. The topological polar surface area (TPSA) is 99.4 Å².